The topological polar surface area (TPSA) is 66.5 Å². The molecule has 0 aromatic carbocycles. The monoisotopic (exact) mass is 316 g/mol. The number of nitrogens with zero attached hydrogens (tertiary/aromatic N) is 1. The molecule has 6 heteroatoms. The molecule has 1 amide bonds. The zero-order valence-corrected chi connectivity index (χ0v) is 14.2. The van der Waals surface area contributed by atoms with E-state index in [4.69, 9.17) is 0 Å². The van der Waals surface area contributed by atoms with Gasteiger partial charge in [0.2, 0.25) is 5.91 Å². The van der Waals surface area contributed by atoms with Crippen LogP contribution in [0.2, 0.25) is 0 Å². The van der Waals surface area contributed by atoms with Gasteiger partial charge in [-0.05, 0) is 25.2 Å². The summed E-state index contributed by atoms with van der Waals surface area (Å²) < 4.78 is 24.1. The first kappa shape index (κ1) is 16.7. The second-order valence-electron chi connectivity index (χ2n) is 6.46. The van der Waals surface area contributed by atoms with Gasteiger partial charge in [0.1, 0.15) is 0 Å². The Bertz CT molecular complexity index is 477. The summed E-state index contributed by atoms with van der Waals surface area (Å²) in [4.78, 5) is 14.5. The highest BCUT2D eigenvalue weighted by molar-refractivity contribution is 7.92. The first-order chi connectivity index (χ1) is 9.90. The molecule has 2 saturated heterocycles. The normalized spacial score (nSPS) is 33.6. The minimum Gasteiger partial charge on any atom is -0.324 e. The van der Waals surface area contributed by atoms with Crippen LogP contribution in [0.15, 0.2) is 0 Å². The van der Waals surface area contributed by atoms with Crippen molar-refractivity contribution < 1.29 is 13.2 Å². The maximum Gasteiger partial charge on any atom is 0.241 e. The van der Waals surface area contributed by atoms with Crippen LogP contribution in [0, 0.1) is 5.92 Å². The smallest absolute Gasteiger partial charge is 0.241 e. The zero-order chi connectivity index (χ0) is 15.6. The van der Waals surface area contributed by atoms with Crippen LogP contribution in [0.4, 0.5) is 0 Å². The summed E-state index contributed by atoms with van der Waals surface area (Å²) >= 11 is 0. The van der Waals surface area contributed by atoms with E-state index in [-0.39, 0.29) is 35.0 Å². The van der Waals surface area contributed by atoms with E-state index in [0.29, 0.717) is 13.0 Å². The summed E-state index contributed by atoms with van der Waals surface area (Å²) in [5.41, 5.74) is 0. The maximum absolute atomic E-state index is 12.7. The predicted octanol–water partition coefficient (Wildman–Crippen LogP) is 1.54. The van der Waals surface area contributed by atoms with Crippen molar-refractivity contribution in [1.29, 1.82) is 0 Å². The number of rotatable bonds is 6. The predicted molar refractivity (Wildman–Crippen MR) is 83.6 cm³/mol. The van der Waals surface area contributed by atoms with E-state index in [1.807, 2.05) is 0 Å². The first-order valence-electron chi connectivity index (χ1n) is 8.18. The molecule has 2 rings (SSSR count). The SMILES string of the molecule is CCCC1NC(C(C)CC)C(=O)N1CC1CCCS1(=O)=O. The lowest BCUT2D eigenvalue weighted by molar-refractivity contribution is -0.130. The number of hydrogen-bond acceptors (Lipinski definition) is 4. The third kappa shape index (κ3) is 3.42. The van der Waals surface area contributed by atoms with Gasteiger partial charge in [-0.2, -0.15) is 0 Å². The molecule has 5 nitrogen and oxygen atoms in total. The van der Waals surface area contributed by atoms with Crippen LogP contribution < -0.4 is 5.32 Å². The van der Waals surface area contributed by atoms with Gasteiger partial charge in [-0.1, -0.05) is 33.6 Å². The number of nitrogens with one attached hydrogen (secondary N) is 1. The number of amides is 1. The molecule has 21 heavy (non-hydrogen) atoms. The molecule has 2 fully saturated rings. The van der Waals surface area contributed by atoms with Crippen molar-refractivity contribution in [2.75, 3.05) is 12.3 Å². The second kappa shape index (κ2) is 6.65. The fraction of sp³-hybridized carbons (Fsp3) is 0.933. The average molecular weight is 316 g/mol. The Morgan fingerprint density at radius 2 is 2.10 bits per heavy atom. The van der Waals surface area contributed by atoms with Crippen LogP contribution in [0.5, 0.6) is 0 Å². The van der Waals surface area contributed by atoms with E-state index in [2.05, 4.69) is 26.1 Å². The highest BCUT2D eigenvalue weighted by Gasteiger charge is 2.43. The Hall–Kier alpha value is -0.620. The molecule has 122 valence electrons. The molecule has 0 saturated carbocycles. The molecular formula is C15H28N2O3S. The largest absolute Gasteiger partial charge is 0.324 e. The molecular weight excluding hydrogens is 288 g/mol. The van der Waals surface area contributed by atoms with Crippen molar-refractivity contribution in [2.24, 2.45) is 5.92 Å². The number of carbonyl (C=O) groups excluding carboxylic acids is 1. The van der Waals surface area contributed by atoms with Gasteiger partial charge in [0.15, 0.2) is 9.84 Å². The van der Waals surface area contributed by atoms with Crippen molar-refractivity contribution >= 4 is 15.7 Å². The van der Waals surface area contributed by atoms with Crippen LogP contribution in [0.1, 0.15) is 52.9 Å². The van der Waals surface area contributed by atoms with Crippen LogP contribution in [-0.2, 0) is 14.6 Å². The summed E-state index contributed by atoms with van der Waals surface area (Å²) in [5, 5.41) is 3.06. The number of carbonyl (C=O) groups is 1. The fourth-order valence-electron chi connectivity index (χ4n) is 3.36. The summed E-state index contributed by atoms with van der Waals surface area (Å²) in [7, 11) is -3.00. The van der Waals surface area contributed by atoms with Crippen molar-refractivity contribution in [1.82, 2.24) is 10.2 Å². The van der Waals surface area contributed by atoms with E-state index >= 15 is 0 Å². The van der Waals surface area contributed by atoms with E-state index in [0.717, 1.165) is 25.7 Å². The summed E-state index contributed by atoms with van der Waals surface area (Å²) in [5.74, 6) is 0.646. The van der Waals surface area contributed by atoms with Gasteiger partial charge < -0.3 is 4.90 Å². The Labute approximate surface area is 128 Å². The van der Waals surface area contributed by atoms with Crippen LogP contribution in [0.25, 0.3) is 0 Å². The summed E-state index contributed by atoms with van der Waals surface area (Å²) in [6.07, 6.45) is 4.22. The first-order valence-corrected chi connectivity index (χ1v) is 9.90. The fourth-order valence-corrected chi connectivity index (χ4v) is 5.17. The molecule has 0 aromatic rings. The molecule has 2 aliphatic rings. The molecule has 0 bridgehead atoms. The van der Waals surface area contributed by atoms with Crippen LogP contribution in [-0.4, -0.2) is 49.0 Å². The Morgan fingerprint density at radius 3 is 2.62 bits per heavy atom. The minimum absolute atomic E-state index is 0.00250. The highest BCUT2D eigenvalue weighted by atomic mass is 32.2. The summed E-state index contributed by atoms with van der Waals surface area (Å²) in [6.45, 7) is 6.62. The van der Waals surface area contributed by atoms with Crippen molar-refractivity contribution in [3.63, 3.8) is 0 Å². The molecule has 2 heterocycles. The second-order valence-corrected chi connectivity index (χ2v) is 8.86. The molecule has 0 aliphatic carbocycles. The van der Waals surface area contributed by atoms with Crippen molar-refractivity contribution in [3.05, 3.63) is 0 Å². The highest BCUT2D eigenvalue weighted by Crippen LogP contribution is 2.26. The molecule has 2 aliphatic heterocycles. The molecule has 0 aromatic heterocycles. The van der Waals surface area contributed by atoms with E-state index in [1.165, 1.54) is 0 Å². The standard InChI is InChI=1S/C15H28N2O3S/c1-4-7-13-16-14(11(3)5-2)15(18)17(13)10-12-8-6-9-21(12,19)20/h11-14,16H,4-10H2,1-3H3. The van der Waals surface area contributed by atoms with Crippen LogP contribution >= 0.6 is 0 Å². The van der Waals surface area contributed by atoms with Crippen molar-refractivity contribution in [3.8, 4) is 0 Å². The van der Waals surface area contributed by atoms with Gasteiger partial charge in [-0.3, -0.25) is 10.1 Å². The third-order valence-electron chi connectivity index (χ3n) is 4.94. The lowest BCUT2D eigenvalue weighted by Gasteiger charge is -2.26. The zero-order valence-electron chi connectivity index (χ0n) is 13.3. The lowest BCUT2D eigenvalue weighted by atomic mass is 9.99. The Balaban J connectivity index is 2.13. The molecule has 4 atom stereocenters. The van der Waals surface area contributed by atoms with E-state index in [9.17, 15) is 13.2 Å². The molecule has 1 N–H and O–H groups in total. The average Bonchev–Trinajstić information content (AvgIpc) is 2.92. The number of hydrogen-bond donors (Lipinski definition) is 1. The number of sulfone groups is 1. The minimum atomic E-state index is -3.00. The van der Waals surface area contributed by atoms with E-state index in [1.54, 1.807) is 4.90 Å². The molecule has 0 radical (unpaired) electrons. The molecule has 0 spiro atoms. The van der Waals surface area contributed by atoms with Gasteiger partial charge in [0.25, 0.3) is 0 Å². The van der Waals surface area contributed by atoms with Crippen molar-refractivity contribution in [2.45, 2.75) is 70.3 Å². The third-order valence-corrected chi connectivity index (χ3v) is 7.19. The van der Waals surface area contributed by atoms with Crippen LogP contribution in [0.3, 0.4) is 0 Å². The van der Waals surface area contributed by atoms with Gasteiger partial charge in [0, 0.05) is 6.54 Å². The maximum atomic E-state index is 12.7. The lowest BCUT2D eigenvalue weighted by Crippen LogP contribution is -2.43. The summed E-state index contributed by atoms with van der Waals surface area (Å²) in [6, 6.07) is -0.157. The van der Waals surface area contributed by atoms with Gasteiger partial charge in [-0.25, -0.2) is 8.42 Å². The van der Waals surface area contributed by atoms with E-state index < -0.39 is 9.84 Å². The van der Waals surface area contributed by atoms with Gasteiger partial charge in [0.05, 0.1) is 23.2 Å². The van der Waals surface area contributed by atoms with Gasteiger partial charge >= 0.3 is 0 Å². The molecule has 4 unspecified atom stereocenters. The Morgan fingerprint density at radius 1 is 1.38 bits per heavy atom. The Kier molecular flexibility index (Phi) is 5.30. The van der Waals surface area contributed by atoms with Gasteiger partial charge in [-0.15, -0.1) is 0 Å². The quantitative estimate of drug-likeness (QED) is 0.807.